The zero-order valence-corrected chi connectivity index (χ0v) is 12.1. The number of nitrogen functional groups attached to an aromatic ring is 1. The van der Waals surface area contributed by atoms with Crippen molar-refractivity contribution in [1.29, 1.82) is 0 Å². The number of aromatic nitrogens is 2. The fourth-order valence-corrected chi connectivity index (χ4v) is 2.69. The normalized spacial score (nSPS) is 23.3. The van der Waals surface area contributed by atoms with Gasteiger partial charge < -0.3 is 15.4 Å². The molecule has 1 aliphatic rings. The minimum absolute atomic E-state index is 0.396. The molecule has 0 amide bonds. The molecule has 19 heavy (non-hydrogen) atoms. The maximum Gasteiger partial charge on any atom is 0.158 e. The van der Waals surface area contributed by atoms with Crippen molar-refractivity contribution in [2.45, 2.75) is 45.3 Å². The highest BCUT2D eigenvalue weighted by Crippen LogP contribution is 2.29. The Morgan fingerprint density at radius 2 is 2.00 bits per heavy atom. The van der Waals surface area contributed by atoms with Crippen LogP contribution in [0.1, 0.15) is 38.4 Å². The van der Waals surface area contributed by atoms with E-state index in [9.17, 15) is 0 Å². The predicted octanol–water partition coefficient (Wildman–Crippen LogP) is 2.22. The molecule has 0 radical (unpaired) electrons. The number of anilines is 2. The minimum atomic E-state index is 0.396. The van der Waals surface area contributed by atoms with E-state index in [1.807, 2.05) is 6.07 Å². The third-order valence-corrected chi connectivity index (χ3v) is 3.95. The number of hydrogen-bond donors (Lipinski definition) is 1. The van der Waals surface area contributed by atoms with Gasteiger partial charge in [0.2, 0.25) is 0 Å². The van der Waals surface area contributed by atoms with E-state index in [4.69, 9.17) is 10.5 Å². The summed E-state index contributed by atoms with van der Waals surface area (Å²) in [5, 5.41) is 0. The lowest BCUT2D eigenvalue weighted by Gasteiger charge is -2.34. The topological polar surface area (TPSA) is 64.3 Å². The summed E-state index contributed by atoms with van der Waals surface area (Å²) in [6.45, 7) is 2.73. The fourth-order valence-electron chi connectivity index (χ4n) is 2.69. The van der Waals surface area contributed by atoms with Gasteiger partial charge in [0.05, 0.1) is 0 Å². The van der Waals surface area contributed by atoms with Crippen molar-refractivity contribution in [3.8, 4) is 0 Å². The Morgan fingerprint density at radius 1 is 1.32 bits per heavy atom. The highest BCUT2D eigenvalue weighted by Gasteiger charge is 2.23. The van der Waals surface area contributed by atoms with Crippen LogP contribution in [0.3, 0.4) is 0 Å². The first-order valence-electron chi connectivity index (χ1n) is 6.95. The van der Waals surface area contributed by atoms with Gasteiger partial charge >= 0.3 is 0 Å². The van der Waals surface area contributed by atoms with Crippen molar-refractivity contribution < 1.29 is 4.74 Å². The van der Waals surface area contributed by atoms with E-state index in [1.54, 1.807) is 7.11 Å². The monoisotopic (exact) mass is 264 g/mol. The van der Waals surface area contributed by atoms with Gasteiger partial charge in [0.25, 0.3) is 0 Å². The molecule has 1 aliphatic carbocycles. The van der Waals surface area contributed by atoms with E-state index >= 15 is 0 Å². The second kappa shape index (κ2) is 6.19. The Kier molecular flexibility index (Phi) is 4.58. The lowest BCUT2D eigenvalue weighted by Crippen LogP contribution is -2.35. The molecule has 5 nitrogen and oxygen atoms in total. The average Bonchev–Trinajstić information content (AvgIpc) is 2.38. The van der Waals surface area contributed by atoms with Crippen molar-refractivity contribution in [3.05, 3.63) is 11.9 Å². The van der Waals surface area contributed by atoms with E-state index in [-0.39, 0.29) is 0 Å². The number of hydrogen-bond acceptors (Lipinski definition) is 5. The van der Waals surface area contributed by atoms with E-state index in [0.29, 0.717) is 24.3 Å². The molecule has 1 heterocycles. The summed E-state index contributed by atoms with van der Waals surface area (Å²) in [5.41, 5.74) is 5.85. The zero-order valence-electron chi connectivity index (χ0n) is 12.1. The van der Waals surface area contributed by atoms with E-state index in [0.717, 1.165) is 11.7 Å². The molecule has 1 fully saturated rings. The number of rotatable bonds is 4. The molecule has 0 atom stereocenters. The Hall–Kier alpha value is -1.36. The quantitative estimate of drug-likeness (QED) is 0.903. The maximum atomic E-state index is 5.85. The number of nitrogens with zero attached hydrogens (tertiary/aromatic N) is 3. The van der Waals surface area contributed by atoms with E-state index in [1.165, 1.54) is 25.7 Å². The van der Waals surface area contributed by atoms with Gasteiger partial charge in [-0.05, 0) is 31.6 Å². The summed E-state index contributed by atoms with van der Waals surface area (Å²) < 4.78 is 5.08. The highest BCUT2D eigenvalue weighted by molar-refractivity contribution is 5.47. The Morgan fingerprint density at radius 3 is 2.63 bits per heavy atom. The fraction of sp³-hybridized carbons (Fsp3) is 0.714. The van der Waals surface area contributed by atoms with Crippen LogP contribution in [-0.4, -0.2) is 30.2 Å². The first-order chi connectivity index (χ1) is 9.10. The molecule has 0 saturated heterocycles. The molecule has 1 aromatic heterocycles. The molecule has 2 N–H and O–H groups in total. The summed E-state index contributed by atoms with van der Waals surface area (Å²) in [7, 11) is 3.73. The average molecular weight is 264 g/mol. The van der Waals surface area contributed by atoms with Crippen LogP contribution in [0, 0.1) is 5.92 Å². The van der Waals surface area contributed by atoms with Gasteiger partial charge in [-0.2, -0.15) is 0 Å². The predicted molar refractivity (Wildman–Crippen MR) is 77.0 cm³/mol. The van der Waals surface area contributed by atoms with Crippen LogP contribution in [0.25, 0.3) is 0 Å². The second-order valence-corrected chi connectivity index (χ2v) is 5.52. The minimum Gasteiger partial charge on any atom is -0.384 e. The first kappa shape index (κ1) is 14.1. The molecule has 106 valence electrons. The van der Waals surface area contributed by atoms with Crippen LogP contribution >= 0.6 is 0 Å². The highest BCUT2D eigenvalue weighted by atomic mass is 16.5. The molecule has 0 bridgehead atoms. The van der Waals surface area contributed by atoms with E-state index < -0.39 is 0 Å². The van der Waals surface area contributed by atoms with Gasteiger partial charge in [-0.15, -0.1) is 0 Å². The molecule has 0 unspecified atom stereocenters. The molecule has 0 aliphatic heterocycles. The van der Waals surface area contributed by atoms with E-state index in [2.05, 4.69) is 28.8 Å². The SMILES string of the molecule is COCc1nc(N)cc(N(C)C2CCC(C)CC2)n1. The van der Waals surface area contributed by atoms with Gasteiger partial charge in [-0.25, -0.2) is 9.97 Å². The van der Waals surface area contributed by atoms with Crippen molar-refractivity contribution in [3.63, 3.8) is 0 Å². The van der Waals surface area contributed by atoms with Crippen molar-refractivity contribution in [1.82, 2.24) is 9.97 Å². The summed E-state index contributed by atoms with van der Waals surface area (Å²) in [6, 6.07) is 2.40. The molecule has 1 saturated carbocycles. The summed E-state index contributed by atoms with van der Waals surface area (Å²) in [4.78, 5) is 10.9. The third-order valence-electron chi connectivity index (χ3n) is 3.95. The van der Waals surface area contributed by atoms with Crippen molar-refractivity contribution in [2.24, 2.45) is 5.92 Å². The molecule has 5 heteroatoms. The van der Waals surface area contributed by atoms with Gasteiger partial charge in [0.1, 0.15) is 18.2 Å². The number of ether oxygens (including phenoxy) is 1. The molecule has 0 aromatic carbocycles. The smallest absolute Gasteiger partial charge is 0.158 e. The van der Waals surface area contributed by atoms with Gasteiger partial charge in [0.15, 0.2) is 5.82 Å². The molecule has 2 rings (SSSR count). The summed E-state index contributed by atoms with van der Waals surface area (Å²) >= 11 is 0. The Labute approximate surface area is 115 Å². The van der Waals surface area contributed by atoms with Gasteiger partial charge in [-0.1, -0.05) is 6.92 Å². The molecular weight excluding hydrogens is 240 g/mol. The largest absolute Gasteiger partial charge is 0.384 e. The Bertz CT molecular complexity index is 416. The van der Waals surface area contributed by atoms with Gasteiger partial charge in [-0.3, -0.25) is 0 Å². The third kappa shape index (κ3) is 3.56. The van der Waals surface area contributed by atoms with Crippen LogP contribution in [0.4, 0.5) is 11.6 Å². The number of nitrogens with two attached hydrogens (primary N) is 1. The second-order valence-electron chi connectivity index (χ2n) is 5.52. The van der Waals surface area contributed by atoms with Crippen LogP contribution in [0.5, 0.6) is 0 Å². The summed E-state index contributed by atoms with van der Waals surface area (Å²) in [6.07, 6.45) is 5.03. The van der Waals surface area contributed by atoms with Crippen molar-refractivity contribution in [2.75, 3.05) is 24.8 Å². The maximum absolute atomic E-state index is 5.85. The lowest BCUT2D eigenvalue weighted by atomic mass is 9.87. The first-order valence-corrected chi connectivity index (χ1v) is 6.95. The van der Waals surface area contributed by atoms with Crippen LogP contribution in [0.15, 0.2) is 6.07 Å². The standard InChI is InChI=1S/C14H24N4O/c1-10-4-6-11(7-5-10)18(2)14-8-12(15)16-13(17-14)9-19-3/h8,10-11H,4-7,9H2,1-3H3,(H2,15,16,17). The van der Waals surface area contributed by atoms with Crippen LogP contribution < -0.4 is 10.6 Å². The summed E-state index contributed by atoms with van der Waals surface area (Å²) in [5.74, 6) is 2.91. The zero-order chi connectivity index (χ0) is 13.8. The molecule has 1 aromatic rings. The van der Waals surface area contributed by atoms with Crippen LogP contribution in [0.2, 0.25) is 0 Å². The molecular formula is C14H24N4O. The number of methoxy groups -OCH3 is 1. The van der Waals surface area contributed by atoms with Crippen LogP contribution in [-0.2, 0) is 11.3 Å². The lowest BCUT2D eigenvalue weighted by molar-refractivity contribution is 0.178. The van der Waals surface area contributed by atoms with Crippen molar-refractivity contribution >= 4 is 11.6 Å². The van der Waals surface area contributed by atoms with Gasteiger partial charge in [0, 0.05) is 26.3 Å². The molecule has 0 spiro atoms. The Balaban J connectivity index is 2.11.